The molecule has 1 unspecified atom stereocenters. The van der Waals surface area contributed by atoms with Crippen LogP contribution in [0.4, 0.5) is 0 Å². The fraction of sp³-hybridized carbons (Fsp3) is 0.700. The quantitative estimate of drug-likeness (QED) is 0.818. The third-order valence-electron chi connectivity index (χ3n) is 7.04. The second-order valence-corrected chi connectivity index (χ2v) is 7.77. The number of nitrogens with zero attached hydrogens (tertiary/aromatic N) is 1. The fourth-order valence-corrected chi connectivity index (χ4v) is 6.01. The lowest BCUT2D eigenvalue weighted by atomic mass is 9.49. The molecule has 120 valence electrons. The van der Waals surface area contributed by atoms with E-state index >= 15 is 0 Å². The molecule has 2 aliphatic carbocycles. The van der Waals surface area contributed by atoms with E-state index in [0.29, 0.717) is 5.41 Å². The number of piperidine rings is 1. The largest absolute Gasteiger partial charge is 0.497 e. The maximum atomic E-state index is 5.56. The van der Waals surface area contributed by atoms with E-state index in [0.717, 1.165) is 23.6 Å². The number of benzene rings is 1. The van der Waals surface area contributed by atoms with Crippen LogP contribution >= 0.6 is 0 Å². The van der Waals surface area contributed by atoms with Crippen molar-refractivity contribution in [1.29, 1.82) is 0 Å². The van der Waals surface area contributed by atoms with Gasteiger partial charge >= 0.3 is 0 Å². The van der Waals surface area contributed by atoms with Gasteiger partial charge in [0, 0.05) is 11.5 Å². The van der Waals surface area contributed by atoms with Gasteiger partial charge < -0.3 is 9.64 Å². The SMILES string of the molecule is CC[C@H]1CCC[C@]23CCN(C)[C@H](Cc4ccc(OC)cc42)C13. The van der Waals surface area contributed by atoms with Crippen LogP contribution in [0.15, 0.2) is 18.2 Å². The Balaban J connectivity index is 1.88. The summed E-state index contributed by atoms with van der Waals surface area (Å²) in [5.41, 5.74) is 3.66. The molecule has 1 saturated carbocycles. The van der Waals surface area contributed by atoms with E-state index in [1.54, 1.807) is 18.2 Å². The highest BCUT2D eigenvalue weighted by Gasteiger charge is 2.55. The van der Waals surface area contributed by atoms with Crippen molar-refractivity contribution >= 4 is 0 Å². The second-order valence-electron chi connectivity index (χ2n) is 7.77. The van der Waals surface area contributed by atoms with Crippen LogP contribution in [0, 0.1) is 11.8 Å². The number of likely N-dealkylation sites (tertiary alicyclic amines) is 1. The third kappa shape index (κ3) is 1.89. The molecule has 4 atom stereocenters. The molecule has 0 radical (unpaired) electrons. The number of likely N-dealkylation sites (N-methyl/N-ethyl adjacent to an activating group) is 1. The Labute approximate surface area is 134 Å². The lowest BCUT2D eigenvalue weighted by Crippen LogP contribution is -2.62. The summed E-state index contributed by atoms with van der Waals surface area (Å²) < 4.78 is 5.56. The first-order valence-corrected chi connectivity index (χ1v) is 9.07. The van der Waals surface area contributed by atoms with Crippen molar-refractivity contribution < 1.29 is 4.74 Å². The van der Waals surface area contributed by atoms with E-state index in [-0.39, 0.29) is 0 Å². The Hall–Kier alpha value is -1.02. The summed E-state index contributed by atoms with van der Waals surface area (Å²) in [6, 6.07) is 7.63. The maximum absolute atomic E-state index is 5.56. The van der Waals surface area contributed by atoms with Crippen molar-refractivity contribution in [3.05, 3.63) is 29.3 Å². The minimum absolute atomic E-state index is 0.429. The number of hydrogen-bond donors (Lipinski definition) is 0. The molecule has 2 nitrogen and oxygen atoms in total. The van der Waals surface area contributed by atoms with Gasteiger partial charge in [0.15, 0.2) is 0 Å². The highest BCUT2D eigenvalue weighted by atomic mass is 16.5. The summed E-state index contributed by atoms with van der Waals surface area (Å²) in [6.45, 7) is 3.66. The minimum atomic E-state index is 0.429. The number of methoxy groups -OCH3 is 1. The molecule has 3 aliphatic rings. The van der Waals surface area contributed by atoms with Crippen LogP contribution in [0.3, 0.4) is 0 Å². The summed E-state index contributed by atoms with van der Waals surface area (Å²) in [5, 5.41) is 0. The van der Waals surface area contributed by atoms with Gasteiger partial charge in [-0.15, -0.1) is 0 Å². The van der Waals surface area contributed by atoms with Crippen molar-refractivity contribution in [2.24, 2.45) is 11.8 Å². The average Bonchev–Trinajstić information content (AvgIpc) is 2.57. The Morgan fingerprint density at radius 1 is 1.32 bits per heavy atom. The van der Waals surface area contributed by atoms with Crippen LogP contribution in [-0.4, -0.2) is 31.6 Å². The lowest BCUT2D eigenvalue weighted by Gasteiger charge is -2.61. The molecule has 2 bridgehead atoms. The van der Waals surface area contributed by atoms with Crippen LogP contribution in [0.1, 0.15) is 50.2 Å². The number of fused-ring (bicyclic) bond motifs is 1. The first-order valence-electron chi connectivity index (χ1n) is 9.07. The van der Waals surface area contributed by atoms with Gasteiger partial charge in [0.25, 0.3) is 0 Å². The summed E-state index contributed by atoms with van der Waals surface area (Å²) >= 11 is 0. The topological polar surface area (TPSA) is 12.5 Å². The van der Waals surface area contributed by atoms with E-state index in [4.69, 9.17) is 4.74 Å². The van der Waals surface area contributed by atoms with Crippen LogP contribution in [-0.2, 0) is 11.8 Å². The molecular weight excluding hydrogens is 270 g/mol. The Bertz CT molecular complexity index is 569. The normalized spacial score (nSPS) is 37.3. The minimum Gasteiger partial charge on any atom is -0.497 e. The van der Waals surface area contributed by atoms with E-state index in [1.165, 1.54) is 45.1 Å². The Morgan fingerprint density at radius 3 is 2.95 bits per heavy atom. The number of rotatable bonds is 2. The van der Waals surface area contributed by atoms with Gasteiger partial charge in [-0.25, -0.2) is 0 Å². The van der Waals surface area contributed by atoms with Crippen molar-refractivity contribution in [1.82, 2.24) is 4.90 Å². The number of hydrogen-bond acceptors (Lipinski definition) is 2. The van der Waals surface area contributed by atoms with Crippen LogP contribution in [0.5, 0.6) is 5.75 Å². The molecule has 1 aromatic rings. The molecule has 1 saturated heterocycles. The highest BCUT2D eigenvalue weighted by molar-refractivity contribution is 5.45. The van der Waals surface area contributed by atoms with Crippen LogP contribution in [0.2, 0.25) is 0 Å². The van der Waals surface area contributed by atoms with E-state index in [1.807, 2.05) is 0 Å². The van der Waals surface area contributed by atoms with E-state index in [9.17, 15) is 0 Å². The van der Waals surface area contributed by atoms with Crippen LogP contribution < -0.4 is 4.74 Å². The molecule has 0 aromatic heterocycles. The average molecular weight is 299 g/mol. The predicted octanol–water partition coefficient (Wildman–Crippen LogP) is 4.02. The molecule has 2 fully saturated rings. The summed E-state index contributed by atoms with van der Waals surface area (Å²) in [5.74, 6) is 2.80. The van der Waals surface area contributed by atoms with Gasteiger partial charge in [-0.1, -0.05) is 32.3 Å². The highest BCUT2D eigenvalue weighted by Crippen LogP contribution is 2.58. The van der Waals surface area contributed by atoms with Gasteiger partial charge in [0.2, 0.25) is 0 Å². The summed E-state index contributed by atoms with van der Waals surface area (Å²) in [6.07, 6.45) is 8.14. The van der Waals surface area contributed by atoms with E-state index < -0.39 is 0 Å². The predicted molar refractivity (Wildman–Crippen MR) is 90.5 cm³/mol. The van der Waals surface area contributed by atoms with Crippen molar-refractivity contribution in [2.75, 3.05) is 20.7 Å². The summed E-state index contributed by atoms with van der Waals surface area (Å²) in [7, 11) is 4.15. The molecular formula is C20H29NO. The Kier molecular flexibility index (Phi) is 3.48. The van der Waals surface area contributed by atoms with Crippen molar-refractivity contribution in [3.8, 4) is 5.75 Å². The Morgan fingerprint density at radius 2 is 2.18 bits per heavy atom. The molecule has 1 aliphatic heterocycles. The first-order chi connectivity index (χ1) is 10.7. The molecule has 22 heavy (non-hydrogen) atoms. The molecule has 1 heterocycles. The molecule has 1 aromatic carbocycles. The molecule has 0 N–H and O–H groups in total. The monoisotopic (exact) mass is 299 g/mol. The van der Waals surface area contributed by atoms with Gasteiger partial charge in [0.05, 0.1) is 7.11 Å². The second kappa shape index (κ2) is 5.26. The molecule has 2 heteroatoms. The van der Waals surface area contributed by atoms with Gasteiger partial charge in [-0.2, -0.15) is 0 Å². The maximum Gasteiger partial charge on any atom is 0.119 e. The molecule has 0 spiro atoms. The molecule has 0 amide bonds. The van der Waals surface area contributed by atoms with Crippen molar-refractivity contribution in [3.63, 3.8) is 0 Å². The van der Waals surface area contributed by atoms with Crippen molar-refractivity contribution in [2.45, 2.75) is 56.9 Å². The summed E-state index contributed by atoms with van der Waals surface area (Å²) in [4.78, 5) is 2.66. The zero-order chi connectivity index (χ0) is 15.3. The zero-order valence-electron chi connectivity index (χ0n) is 14.3. The van der Waals surface area contributed by atoms with E-state index in [2.05, 4.69) is 37.1 Å². The van der Waals surface area contributed by atoms with Gasteiger partial charge in [-0.05, 0) is 68.0 Å². The third-order valence-corrected chi connectivity index (χ3v) is 7.04. The fourth-order valence-electron chi connectivity index (χ4n) is 6.01. The molecule has 4 rings (SSSR count). The number of ether oxygens (including phenoxy) is 1. The van der Waals surface area contributed by atoms with Gasteiger partial charge in [0.1, 0.15) is 5.75 Å². The standard InChI is InChI=1S/C20H29NO/c1-4-14-6-5-9-20-10-11-21(2)18(19(14)20)12-15-7-8-16(22-3)13-17(15)20/h7-8,13-14,18-19H,4-6,9-12H2,1-3H3/t14-,18+,19?,20-/m0/s1. The van der Waals surface area contributed by atoms with Gasteiger partial charge in [-0.3, -0.25) is 0 Å². The smallest absolute Gasteiger partial charge is 0.119 e. The van der Waals surface area contributed by atoms with Crippen LogP contribution in [0.25, 0.3) is 0 Å². The zero-order valence-corrected chi connectivity index (χ0v) is 14.3. The lowest BCUT2D eigenvalue weighted by molar-refractivity contribution is -0.0337. The first kappa shape index (κ1) is 14.6.